The Labute approximate surface area is 86.4 Å². The number of anilines is 1. The molecule has 1 aromatic carbocycles. The number of thioether (sulfide) groups is 1. The van der Waals surface area contributed by atoms with Crippen LogP contribution in [0.2, 0.25) is 0 Å². The summed E-state index contributed by atoms with van der Waals surface area (Å²) in [6.07, 6.45) is 0. The molecule has 0 aromatic heterocycles. The quantitative estimate of drug-likeness (QED) is 0.550. The van der Waals surface area contributed by atoms with Gasteiger partial charge in [0.2, 0.25) is 5.91 Å². The average molecular weight is 209 g/mol. The van der Waals surface area contributed by atoms with Crippen molar-refractivity contribution in [3.63, 3.8) is 0 Å². The van der Waals surface area contributed by atoms with Crippen molar-refractivity contribution in [1.82, 2.24) is 5.43 Å². The smallest absolute Gasteiger partial charge is 0.239 e. The molecule has 74 valence electrons. The van der Waals surface area contributed by atoms with E-state index >= 15 is 0 Å². The van der Waals surface area contributed by atoms with Gasteiger partial charge in [0.1, 0.15) is 5.50 Å². The van der Waals surface area contributed by atoms with E-state index in [0.29, 0.717) is 5.75 Å². The molecule has 4 nitrogen and oxygen atoms in total. The van der Waals surface area contributed by atoms with Gasteiger partial charge in [-0.15, -0.1) is 11.8 Å². The first-order chi connectivity index (χ1) is 6.83. The lowest BCUT2D eigenvalue weighted by Gasteiger charge is -2.22. The first-order valence-corrected chi connectivity index (χ1v) is 5.32. The van der Waals surface area contributed by atoms with E-state index < -0.39 is 0 Å². The van der Waals surface area contributed by atoms with Crippen LogP contribution in [0, 0.1) is 0 Å². The molecule has 0 bridgehead atoms. The molecule has 1 saturated heterocycles. The number of hydrogen-bond acceptors (Lipinski definition) is 4. The molecule has 1 amide bonds. The molecule has 1 aliphatic heterocycles. The number of carbonyl (C=O) groups excluding carboxylic acids is 1. The zero-order valence-electron chi connectivity index (χ0n) is 7.51. The fourth-order valence-electron chi connectivity index (χ4n) is 1.42. The minimum Gasteiger partial charge on any atom is -0.285 e. The highest BCUT2D eigenvalue weighted by Gasteiger charge is 2.31. The van der Waals surface area contributed by atoms with Gasteiger partial charge >= 0.3 is 0 Å². The fraction of sp³-hybridized carbons (Fsp3) is 0.222. The Morgan fingerprint density at radius 1 is 1.43 bits per heavy atom. The van der Waals surface area contributed by atoms with Crippen LogP contribution in [0.5, 0.6) is 0 Å². The number of rotatable bonds is 2. The predicted octanol–water partition coefficient (Wildman–Crippen LogP) is 0.513. The Morgan fingerprint density at radius 3 is 2.79 bits per heavy atom. The summed E-state index contributed by atoms with van der Waals surface area (Å²) in [7, 11) is 0. The molecule has 1 unspecified atom stereocenters. The van der Waals surface area contributed by atoms with Crippen molar-refractivity contribution >= 4 is 23.4 Å². The third-order valence-corrected chi connectivity index (χ3v) is 3.12. The van der Waals surface area contributed by atoms with Crippen molar-refractivity contribution in [3.05, 3.63) is 30.3 Å². The summed E-state index contributed by atoms with van der Waals surface area (Å²) in [6.45, 7) is 0. The normalized spacial score (nSPS) is 21.6. The molecule has 0 saturated carbocycles. The molecule has 0 spiro atoms. The number of nitrogens with two attached hydrogens (primary N) is 1. The van der Waals surface area contributed by atoms with Crippen LogP contribution in [-0.2, 0) is 4.79 Å². The van der Waals surface area contributed by atoms with Crippen LogP contribution in [0.1, 0.15) is 0 Å². The van der Waals surface area contributed by atoms with E-state index in [1.54, 1.807) is 4.90 Å². The molecular weight excluding hydrogens is 198 g/mol. The maximum atomic E-state index is 11.6. The third-order valence-electron chi connectivity index (χ3n) is 2.04. The number of amides is 1. The minimum atomic E-state index is -0.148. The lowest BCUT2D eigenvalue weighted by molar-refractivity contribution is -0.115. The van der Waals surface area contributed by atoms with E-state index in [4.69, 9.17) is 5.84 Å². The summed E-state index contributed by atoms with van der Waals surface area (Å²) in [5, 5.41) is 0. The second kappa shape index (κ2) is 4.00. The van der Waals surface area contributed by atoms with E-state index in [2.05, 4.69) is 5.43 Å². The largest absolute Gasteiger partial charge is 0.285 e. The van der Waals surface area contributed by atoms with Gasteiger partial charge in [-0.2, -0.15) is 0 Å². The van der Waals surface area contributed by atoms with Gasteiger partial charge < -0.3 is 0 Å². The van der Waals surface area contributed by atoms with E-state index in [1.807, 2.05) is 30.3 Å². The molecule has 1 heterocycles. The monoisotopic (exact) mass is 209 g/mol. The number of benzene rings is 1. The number of carbonyl (C=O) groups is 1. The number of hydrogen-bond donors (Lipinski definition) is 2. The van der Waals surface area contributed by atoms with E-state index in [0.717, 1.165) is 5.69 Å². The van der Waals surface area contributed by atoms with Gasteiger partial charge in [-0.25, -0.2) is 5.43 Å². The van der Waals surface area contributed by atoms with Gasteiger partial charge in [0, 0.05) is 5.69 Å². The SMILES string of the molecule is NNC1SCC(=O)N1c1ccccc1. The average Bonchev–Trinajstić information content (AvgIpc) is 2.61. The minimum absolute atomic E-state index is 0.0872. The van der Waals surface area contributed by atoms with Crippen molar-refractivity contribution < 1.29 is 4.79 Å². The summed E-state index contributed by atoms with van der Waals surface area (Å²) in [6, 6.07) is 9.52. The Hall–Kier alpha value is -1.04. The van der Waals surface area contributed by atoms with Gasteiger partial charge in [0.05, 0.1) is 5.75 Å². The van der Waals surface area contributed by atoms with Crippen LogP contribution in [-0.4, -0.2) is 17.2 Å². The van der Waals surface area contributed by atoms with Crippen LogP contribution >= 0.6 is 11.8 Å². The van der Waals surface area contributed by atoms with Crippen molar-refractivity contribution in [2.45, 2.75) is 5.50 Å². The molecule has 5 heteroatoms. The lowest BCUT2D eigenvalue weighted by Crippen LogP contribution is -2.45. The maximum absolute atomic E-state index is 11.6. The Balaban J connectivity index is 2.28. The van der Waals surface area contributed by atoms with Gasteiger partial charge in [0.15, 0.2) is 0 Å². The van der Waals surface area contributed by atoms with Crippen molar-refractivity contribution in [2.24, 2.45) is 5.84 Å². The third kappa shape index (κ3) is 1.61. The number of nitrogens with one attached hydrogen (secondary N) is 1. The fourth-order valence-corrected chi connectivity index (χ4v) is 2.34. The highest BCUT2D eigenvalue weighted by atomic mass is 32.2. The standard InChI is InChI=1S/C9H11N3OS/c10-11-9-12(8(13)6-14-9)7-4-2-1-3-5-7/h1-5,9,11H,6,10H2. The molecule has 0 aliphatic carbocycles. The summed E-state index contributed by atoms with van der Waals surface area (Å²) >= 11 is 1.49. The molecular formula is C9H11N3OS. The molecule has 2 rings (SSSR count). The van der Waals surface area contributed by atoms with E-state index in [1.165, 1.54) is 11.8 Å². The zero-order valence-corrected chi connectivity index (χ0v) is 8.33. The van der Waals surface area contributed by atoms with Gasteiger partial charge in [-0.3, -0.25) is 15.5 Å². The number of hydrazine groups is 1. The van der Waals surface area contributed by atoms with Crippen LogP contribution in [0.3, 0.4) is 0 Å². The maximum Gasteiger partial charge on any atom is 0.239 e. The zero-order chi connectivity index (χ0) is 9.97. The second-order valence-electron chi connectivity index (χ2n) is 2.93. The Morgan fingerprint density at radius 2 is 2.14 bits per heavy atom. The van der Waals surface area contributed by atoms with Crippen molar-refractivity contribution in [2.75, 3.05) is 10.7 Å². The van der Waals surface area contributed by atoms with Gasteiger partial charge in [0.25, 0.3) is 0 Å². The topological polar surface area (TPSA) is 58.4 Å². The summed E-state index contributed by atoms with van der Waals surface area (Å²) in [5.41, 5.74) is 3.34. The van der Waals surface area contributed by atoms with Crippen LogP contribution in [0.25, 0.3) is 0 Å². The second-order valence-corrected chi connectivity index (χ2v) is 4.00. The Bertz CT molecular complexity index is 330. The molecule has 1 aliphatic rings. The number of nitrogens with zero attached hydrogens (tertiary/aromatic N) is 1. The summed E-state index contributed by atoms with van der Waals surface area (Å²) < 4.78 is 0. The van der Waals surface area contributed by atoms with Gasteiger partial charge in [-0.05, 0) is 12.1 Å². The van der Waals surface area contributed by atoms with Crippen molar-refractivity contribution in [3.8, 4) is 0 Å². The lowest BCUT2D eigenvalue weighted by atomic mass is 10.3. The first-order valence-electron chi connectivity index (χ1n) is 4.28. The van der Waals surface area contributed by atoms with Crippen molar-refractivity contribution in [1.29, 1.82) is 0 Å². The molecule has 1 aromatic rings. The highest BCUT2D eigenvalue weighted by molar-refractivity contribution is 8.01. The summed E-state index contributed by atoms with van der Waals surface area (Å²) in [5.74, 6) is 5.92. The molecule has 14 heavy (non-hydrogen) atoms. The molecule has 1 fully saturated rings. The Kier molecular flexibility index (Phi) is 2.72. The van der Waals surface area contributed by atoms with Crippen LogP contribution in [0.15, 0.2) is 30.3 Å². The number of para-hydroxylation sites is 1. The highest BCUT2D eigenvalue weighted by Crippen LogP contribution is 2.27. The van der Waals surface area contributed by atoms with Crippen LogP contribution < -0.4 is 16.2 Å². The van der Waals surface area contributed by atoms with Gasteiger partial charge in [-0.1, -0.05) is 18.2 Å². The van der Waals surface area contributed by atoms with E-state index in [-0.39, 0.29) is 11.4 Å². The molecule has 3 N–H and O–H groups in total. The van der Waals surface area contributed by atoms with Crippen LogP contribution in [0.4, 0.5) is 5.69 Å². The summed E-state index contributed by atoms with van der Waals surface area (Å²) in [4.78, 5) is 13.2. The van der Waals surface area contributed by atoms with E-state index in [9.17, 15) is 4.79 Å². The molecule has 1 atom stereocenters. The predicted molar refractivity (Wildman–Crippen MR) is 57.5 cm³/mol. The first kappa shape index (κ1) is 9.51. The molecule has 0 radical (unpaired) electrons.